The van der Waals surface area contributed by atoms with Crippen LogP contribution >= 0.6 is 0 Å². The summed E-state index contributed by atoms with van der Waals surface area (Å²) in [7, 11) is 0. The summed E-state index contributed by atoms with van der Waals surface area (Å²) in [5, 5.41) is 3.66. The predicted octanol–water partition coefficient (Wildman–Crippen LogP) is 1.89. The second-order valence-electron chi connectivity index (χ2n) is 6.78. The van der Waals surface area contributed by atoms with E-state index in [4.69, 9.17) is 9.47 Å². The Hall–Kier alpha value is -0.160. The molecule has 2 aliphatic rings. The van der Waals surface area contributed by atoms with Gasteiger partial charge in [-0.15, -0.1) is 0 Å². The van der Waals surface area contributed by atoms with Crippen molar-refractivity contribution < 1.29 is 9.47 Å². The molecule has 0 amide bonds. The molecule has 1 unspecified atom stereocenters. The SMILES string of the molecule is CCC1CN(CC2(CNC(C)C)CCOCC2)CCO1. The molecule has 118 valence electrons. The van der Waals surface area contributed by atoms with E-state index in [9.17, 15) is 0 Å². The third kappa shape index (κ3) is 4.69. The molecule has 2 rings (SSSR count). The monoisotopic (exact) mass is 284 g/mol. The van der Waals surface area contributed by atoms with Gasteiger partial charge in [0.15, 0.2) is 0 Å². The molecule has 2 fully saturated rings. The average Bonchev–Trinajstić information content (AvgIpc) is 2.46. The fourth-order valence-electron chi connectivity index (χ4n) is 3.26. The van der Waals surface area contributed by atoms with Crippen molar-refractivity contribution in [3.8, 4) is 0 Å². The number of rotatable bonds is 6. The Morgan fingerprint density at radius 3 is 2.65 bits per heavy atom. The van der Waals surface area contributed by atoms with Gasteiger partial charge in [-0.1, -0.05) is 20.8 Å². The number of nitrogens with zero attached hydrogens (tertiary/aromatic N) is 1. The van der Waals surface area contributed by atoms with E-state index in [0.29, 0.717) is 17.6 Å². The minimum atomic E-state index is 0.387. The summed E-state index contributed by atoms with van der Waals surface area (Å²) in [6.07, 6.45) is 3.91. The molecule has 0 spiro atoms. The molecule has 0 radical (unpaired) electrons. The molecule has 0 bridgehead atoms. The second-order valence-corrected chi connectivity index (χ2v) is 6.78. The molecule has 1 atom stereocenters. The van der Waals surface area contributed by atoms with Crippen molar-refractivity contribution in [3.63, 3.8) is 0 Å². The molecule has 2 saturated heterocycles. The number of hydrogen-bond donors (Lipinski definition) is 1. The number of hydrogen-bond acceptors (Lipinski definition) is 4. The van der Waals surface area contributed by atoms with E-state index in [1.807, 2.05) is 0 Å². The van der Waals surface area contributed by atoms with Crippen LogP contribution in [0.25, 0.3) is 0 Å². The summed E-state index contributed by atoms with van der Waals surface area (Å²) < 4.78 is 11.4. The minimum absolute atomic E-state index is 0.387. The van der Waals surface area contributed by atoms with E-state index in [-0.39, 0.29) is 0 Å². The van der Waals surface area contributed by atoms with Gasteiger partial charge >= 0.3 is 0 Å². The van der Waals surface area contributed by atoms with E-state index in [1.165, 1.54) is 19.4 Å². The van der Waals surface area contributed by atoms with Gasteiger partial charge in [0.1, 0.15) is 0 Å². The van der Waals surface area contributed by atoms with E-state index >= 15 is 0 Å². The van der Waals surface area contributed by atoms with Crippen LogP contribution in [0.4, 0.5) is 0 Å². The molecule has 0 aromatic heterocycles. The van der Waals surface area contributed by atoms with Gasteiger partial charge in [0.2, 0.25) is 0 Å². The lowest BCUT2D eigenvalue weighted by Crippen LogP contribution is -2.52. The predicted molar refractivity (Wildman–Crippen MR) is 82.1 cm³/mol. The molecule has 1 N–H and O–H groups in total. The molecule has 4 nitrogen and oxygen atoms in total. The van der Waals surface area contributed by atoms with E-state index < -0.39 is 0 Å². The van der Waals surface area contributed by atoms with Crippen LogP contribution in [0.15, 0.2) is 0 Å². The lowest BCUT2D eigenvalue weighted by Gasteiger charge is -2.43. The lowest BCUT2D eigenvalue weighted by molar-refractivity contribution is -0.0603. The Labute approximate surface area is 124 Å². The fourth-order valence-corrected chi connectivity index (χ4v) is 3.26. The van der Waals surface area contributed by atoms with Gasteiger partial charge in [0.05, 0.1) is 12.7 Å². The van der Waals surface area contributed by atoms with Gasteiger partial charge in [-0.05, 0) is 24.7 Å². The highest BCUT2D eigenvalue weighted by Crippen LogP contribution is 2.31. The van der Waals surface area contributed by atoms with Crippen molar-refractivity contribution in [2.45, 2.75) is 52.2 Å². The van der Waals surface area contributed by atoms with Crippen LogP contribution in [0.1, 0.15) is 40.0 Å². The number of ether oxygens (including phenoxy) is 2. The standard InChI is InChI=1S/C16H32N2O2/c1-4-15-11-18(7-10-20-15)13-16(12-17-14(2)3)5-8-19-9-6-16/h14-15,17H,4-13H2,1-3H3. The summed E-state index contributed by atoms with van der Waals surface area (Å²) in [6, 6.07) is 0.558. The topological polar surface area (TPSA) is 33.7 Å². The minimum Gasteiger partial charge on any atom is -0.381 e. The molecule has 2 heterocycles. The Kier molecular flexibility index (Phi) is 6.27. The zero-order chi connectivity index (χ0) is 14.4. The van der Waals surface area contributed by atoms with E-state index in [2.05, 4.69) is 31.0 Å². The maximum atomic E-state index is 5.80. The van der Waals surface area contributed by atoms with Gasteiger partial charge in [0, 0.05) is 45.4 Å². The van der Waals surface area contributed by atoms with E-state index in [0.717, 1.165) is 45.9 Å². The molecule has 20 heavy (non-hydrogen) atoms. The molecule has 0 saturated carbocycles. The van der Waals surface area contributed by atoms with Crippen molar-refractivity contribution in [1.29, 1.82) is 0 Å². The zero-order valence-corrected chi connectivity index (χ0v) is 13.5. The normalized spacial score (nSPS) is 27.9. The summed E-state index contributed by atoms with van der Waals surface area (Å²) in [6.45, 7) is 13.9. The molecule has 0 aliphatic carbocycles. The van der Waals surface area contributed by atoms with Crippen LogP contribution in [0.3, 0.4) is 0 Å². The maximum absolute atomic E-state index is 5.80. The number of nitrogens with one attached hydrogen (secondary N) is 1. The van der Waals surface area contributed by atoms with Crippen molar-refractivity contribution >= 4 is 0 Å². The highest BCUT2D eigenvalue weighted by atomic mass is 16.5. The van der Waals surface area contributed by atoms with Crippen LogP contribution in [0.2, 0.25) is 0 Å². The van der Waals surface area contributed by atoms with Crippen molar-refractivity contribution in [1.82, 2.24) is 10.2 Å². The Morgan fingerprint density at radius 1 is 1.25 bits per heavy atom. The second kappa shape index (κ2) is 7.74. The van der Waals surface area contributed by atoms with Crippen LogP contribution in [-0.2, 0) is 9.47 Å². The van der Waals surface area contributed by atoms with Gasteiger partial charge in [-0.25, -0.2) is 0 Å². The molecule has 0 aromatic carbocycles. The largest absolute Gasteiger partial charge is 0.381 e. The number of morpholine rings is 1. The lowest BCUT2D eigenvalue weighted by atomic mass is 9.79. The average molecular weight is 284 g/mol. The summed E-state index contributed by atoms with van der Waals surface area (Å²) in [4.78, 5) is 2.62. The Morgan fingerprint density at radius 2 is 2.00 bits per heavy atom. The third-order valence-corrected chi connectivity index (χ3v) is 4.68. The first kappa shape index (κ1) is 16.2. The molecule has 2 aliphatic heterocycles. The molecular formula is C16H32N2O2. The van der Waals surface area contributed by atoms with Crippen LogP contribution in [0, 0.1) is 5.41 Å². The smallest absolute Gasteiger partial charge is 0.0700 e. The van der Waals surface area contributed by atoms with Crippen molar-refractivity contribution in [2.24, 2.45) is 5.41 Å². The fraction of sp³-hybridized carbons (Fsp3) is 1.00. The van der Waals surface area contributed by atoms with Gasteiger partial charge in [0.25, 0.3) is 0 Å². The molecular weight excluding hydrogens is 252 g/mol. The zero-order valence-electron chi connectivity index (χ0n) is 13.5. The highest BCUT2D eigenvalue weighted by molar-refractivity contribution is 4.89. The van der Waals surface area contributed by atoms with Crippen LogP contribution < -0.4 is 5.32 Å². The summed E-state index contributed by atoms with van der Waals surface area (Å²) in [5.41, 5.74) is 0.387. The van der Waals surface area contributed by atoms with E-state index in [1.54, 1.807) is 0 Å². The summed E-state index contributed by atoms with van der Waals surface area (Å²) in [5.74, 6) is 0. The van der Waals surface area contributed by atoms with Crippen molar-refractivity contribution in [3.05, 3.63) is 0 Å². The third-order valence-electron chi connectivity index (χ3n) is 4.68. The van der Waals surface area contributed by atoms with Crippen LogP contribution in [0.5, 0.6) is 0 Å². The van der Waals surface area contributed by atoms with Gasteiger partial charge in [-0.2, -0.15) is 0 Å². The molecule has 0 aromatic rings. The first-order valence-corrected chi connectivity index (χ1v) is 8.29. The maximum Gasteiger partial charge on any atom is 0.0700 e. The van der Waals surface area contributed by atoms with Crippen LogP contribution in [-0.4, -0.2) is 63.0 Å². The summed E-state index contributed by atoms with van der Waals surface area (Å²) >= 11 is 0. The first-order valence-electron chi connectivity index (χ1n) is 8.29. The highest BCUT2D eigenvalue weighted by Gasteiger charge is 2.35. The Balaban J connectivity index is 1.92. The van der Waals surface area contributed by atoms with Crippen molar-refractivity contribution in [2.75, 3.05) is 46.0 Å². The quantitative estimate of drug-likeness (QED) is 0.807. The first-order chi connectivity index (χ1) is 9.63. The Bertz CT molecular complexity index is 278. The van der Waals surface area contributed by atoms with Gasteiger partial charge in [-0.3, -0.25) is 4.90 Å². The van der Waals surface area contributed by atoms with Gasteiger partial charge < -0.3 is 14.8 Å². The molecule has 4 heteroatoms.